The number of rotatable bonds is 1. The highest BCUT2D eigenvalue weighted by Gasteiger charge is 2.17. The molecule has 1 aromatic heterocycles. The molecular weight excluding hydrogens is 211 g/mol. The normalized spacial score (nSPS) is 12.0. The summed E-state index contributed by atoms with van der Waals surface area (Å²) in [5.74, 6) is 0. The Morgan fingerprint density at radius 3 is 2.67 bits per heavy atom. The van der Waals surface area contributed by atoms with Crippen molar-refractivity contribution >= 4 is 18.6 Å². The van der Waals surface area contributed by atoms with Gasteiger partial charge in [0.1, 0.15) is 0 Å². The second-order valence-electron chi connectivity index (χ2n) is 3.31. The molecule has 1 unspecified atom stereocenters. The lowest BCUT2D eigenvalue weighted by Crippen LogP contribution is -2.17. The zero-order valence-electron chi connectivity index (χ0n) is 8.67. The van der Waals surface area contributed by atoms with Crippen molar-refractivity contribution in [3.05, 3.63) is 34.6 Å². The SMILES string of the molecule is CCn1c2ccccc2c(=O)n(C)[p+]1=O. The summed E-state index contributed by atoms with van der Waals surface area (Å²) < 4.78 is 14.9. The molecule has 1 aromatic carbocycles. The van der Waals surface area contributed by atoms with Crippen LogP contribution in [-0.2, 0) is 18.2 Å². The highest BCUT2D eigenvalue weighted by atomic mass is 31.1. The van der Waals surface area contributed by atoms with Crippen molar-refractivity contribution in [3.63, 3.8) is 0 Å². The molecule has 0 aliphatic heterocycles. The first-order valence-corrected chi connectivity index (χ1v) is 5.95. The Hall–Kier alpha value is -1.41. The Kier molecular flexibility index (Phi) is 2.45. The molecule has 4 nitrogen and oxygen atoms in total. The van der Waals surface area contributed by atoms with Crippen LogP contribution in [0.4, 0.5) is 0 Å². The quantitative estimate of drug-likeness (QED) is 0.743. The molecule has 0 fully saturated rings. The van der Waals surface area contributed by atoms with E-state index in [1.54, 1.807) is 17.4 Å². The average molecular weight is 223 g/mol. The van der Waals surface area contributed by atoms with Gasteiger partial charge in [-0.1, -0.05) is 12.1 Å². The summed E-state index contributed by atoms with van der Waals surface area (Å²) in [6, 6.07) is 7.26. The van der Waals surface area contributed by atoms with Gasteiger partial charge < -0.3 is 0 Å². The third-order valence-electron chi connectivity index (χ3n) is 2.47. The van der Waals surface area contributed by atoms with Crippen LogP contribution in [0.2, 0.25) is 0 Å². The van der Waals surface area contributed by atoms with Crippen LogP contribution in [0.25, 0.3) is 10.9 Å². The Bertz CT molecular complexity index is 627. The molecule has 0 radical (unpaired) electrons. The molecule has 2 aromatic rings. The number of benzene rings is 1. The third-order valence-corrected chi connectivity index (χ3v) is 4.08. The topological polar surface area (TPSA) is 44.0 Å². The van der Waals surface area contributed by atoms with Crippen LogP contribution in [0.15, 0.2) is 29.1 Å². The van der Waals surface area contributed by atoms with E-state index in [4.69, 9.17) is 0 Å². The number of nitrogens with zero attached hydrogens (tertiary/aromatic N) is 2. The maximum Gasteiger partial charge on any atom is 0.598 e. The van der Waals surface area contributed by atoms with E-state index >= 15 is 0 Å². The molecule has 2 rings (SSSR count). The fraction of sp³-hybridized carbons (Fsp3) is 0.300. The molecule has 0 aliphatic rings. The predicted molar refractivity (Wildman–Crippen MR) is 60.5 cm³/mol. The van der Waals surface area contributed by atoms with Gasteiger partial charge in [-0.25, -0.2) is 0 Å². The third kappa shape index (κ3) is 1.41. The molecule has 0 aliphatic carbocycles. The van der Waals surface area contributed by atoms with Gasteiger partial charge >= 0.3 is 7.73 Å². The van der Waals surface area contributed by atoms with Gasteiger partial charge in [0.15, 0.2) is 0 Å². The van der Waals surface area contributed by atoms with Gasteiger partial charge in [0.2, 0.25) is 0 Å². The lowest BCUT2D eigenvalue weighted by atomic mass is 10.2. The van der Waals surface area contributed by atoms with E-state index in [9.17, 15) is 9.36 Å². The molecule has 5 heteroatoms. The molecule has 1 heterocycles. The van der Waals surface area contributed by atoms with Crippen molar-refractivity contribution < 1.29 is 4.57 Å². The molecule has 78 valence electrons. The number of para-hydroxylation sites is 1. The van der Waals surface area contributed by atoms with Crippen LogP contribution in [-0.4, -0.2) is 8.66 Å². The van der Waals surface area contributed by atoms with Crippen molar-refractivity contribution in [2.75, 3.05) is 0 Å². The summed E-state index contributed by atoms with van der Waals surface area (Å²) in [5.41, 5.74) is 0.598. The maximum atomic E-state index is 11.9. The van der Waals surface area contributed by atoms with E-state index in [0.717, 1.165) is 5.52 Å². The smallest absolute Gasteiger partial charge is 0.265 e. The molecular formula is C10H12N2O2P+. The average Bonchev–Trinajstić information content (AvgIpc) is 2.27. The highest BCUT2D eigenvalue weighted by molar-refractivity contribution is 7.28. The summed E-state index contributed by atoms with van der Waals surface area (Å²) in [7, 11) is -0.206. The standard InChI is InChI=1S/C10H12N2O2P/c1-3-12-9-7-5-4-6-8(9)10(13)11(2)15(12)14/h4-7H,3H2,1-2H3/q+1. The van der Waals surface area contributed by atoms with Crippen LogP contribution < -0.4 is 5.56 Å². The molecule has 1 atom stereocenters. The van der Waals surface area contributed by atoms with E-state index in [1.807, 2.05) is 25.1 Å². The molecule has 0 spiro atoms. The Labute approximate surface area is 87.6 Å². The van der Waals surface area contributed by atoms with Gasteiger partial charge in [-0.15, -0.1) is 8.66 Å². The minimum atomic E-state index is -1.78. The van der Waals surface area contributed by atoms with Gasteiger partial charge in [0.25, 0.3) is 5.56 Å². The Balaban J connectivity index is 3.12. The number of hydrogen-bond donors (Lipinski definition) is 0. The van der Waals surface area contributed by atoms with Gasteiger partial charge in [0.05, 0.1) is 24.5 Å². The van der Waals surface area contributed by atoms with Gasteiger partial charge in [-0.3, -0.25) is 4.79 Å². The second-order valence-corrected chi connectivity index (χ2v) is 4.90. The zero-order chi connectivity index (χ0) is 11.0. The van der Waals surface area contributed by atoms with Crippen LogP contribution in [0.1, 0.15) is 6.92 Å². The van der Waals surface area contributed by atoms with Gasteiger partial charge in [-0.2, -0.15) is 0 Å². The van der Waals surface area contributed by atoms with Crippen molar-refractivity contribution in [1.82, 2.24) is 8.66 Å². The largest absolute Gasteiger partial charge is 0.598 e. The molecule has 15 heavy (non-hydrogen) atoms. The van der Waals surface area contributed by atoms with Crippen LogP contribution in [0.5, 0.6) is 0 Å². The lowest BCUT2D eigenvalue weighted by Gasteiger charge is -2.00. The lowest BCUT2D eigenvalue weighted by molar-refractivity contribution is 0.576. The number of hydrogen-bond acceptors (Lipinski definition) is 2. The van der Waals surface area contributed by atoms with Crippen molar-refractivity contribution in [2.45, 2.75) is 13.5 Å². The number of aryl methyl sites for hydroxylation is 1. The summed E-state index contributed by atoms with van der Waals surface area (Å²) in [5, 5.41) is 0.622. The molecule has 0 bridgehead atoms. The van der Waals surface area contributed by atoms with E-state index in [0.29, 0.717) is 11.9 Å². The maximum absolute atomic E-state index is 11.9. The van der Waals surface area contributed by atoms with E-state index in [-0.39, 0.29) is 5.56 Å². The summed E-state index contributed by atoms with van der Waals surface area (Å²) in [4.78, 5) is 11.8. The summed E-state index contributed by atoms with van der Waals surface area (Å²) in [6.45, 7) is 2.55. The minimum absolute atomic E-state index is 0.170. The van der Waals surface area contributed by atoms with E-state index < -0.39 is 7.73 Å². The first-order chi connectivity index (χ1) is 7.16. The monoisotopic (exact) mass is 223 g/mol. The van der Waals surface area contributed by atoms with Crippen molar-refractivity contribution in [1.29, 1.82) is 0 Å². The molecule has 0 saturated heterocycles. The minimum Gasteiger partial charge on any atom is -0.265 e. The first kappa shape index (κ1) is 10.1. The van der Waals surface area contributed by atoms with E-state index in [2.05, 4.69) is 0 Å². The molecule has 0 N–H and O–H groups in total. The fourth-order valence-corrected chi connectivity index (χ4v) is 2.86. The Morgan fingerprint density at radius 2 is 2.00 bits per heavy atom. The zero-order valence-corrected chi connectivity index (χ0v) is 9.57. The van der Waals surface area contributed by atoms with Crippen molar-refractivity contribution in [3.8, 4) is 0 Å². The van der Waals surface area contributed by atoms with Crippen LogP contribution >= 0.6 is 7.73 Å². The summed E-state index contributed by atoms with van der Waals surface area (Å²) in [6.07, 6.45) is 0. The van der Waals surface area contributed by atoms with Crippen LogP contribution in [0.3, 0.4) is 0 Å². The van der Waals surface area contributed by atoms with Crippen LogP contribution in [0, 0.1) is 0 Å². The Morgan fingerprint density at radius 1 is 1.33 bits per heavy atom. The van der Waals surface area contributed by atoms with Gasteiger partial charge in [-0.05, 0) is 23.6 Å². The summed E-state index contributed by atoms with van der Waals surface area (Å²) >= 11 is 0. The predicted octanol–water partition coefficient (Wildman–Crippen LogP) is 2.10. The second kappa shape index (κ2) is 3.63. The number of fused-ring (bicyclic) bond motifs is 1. The first-order valence-electron chi connectivity index (χ1n) is 4.78. The number of aromatic nitrogens is 2. The highest BCUT2D eigenvalue weighted by Crippen LogP contribution is 2.18. The molecule has 0 saturated carbocycles. The van der Waals surface area contributed by atoms with Crippen molar-refractivity contribution in [2.24, 2.45) is 7.05 Å². The van der Waals surface area contributed by atoms with E-state index in [1.165, 1.54) is 4.33 Å². The fourth-order valence-electron chi connectivity index (χ4n) is 1.68. The molecule has 0 amide bonds. The van der Waals surface area contributed by atoms with Gasteiger partial charge in [0, 0.05) is 0 Å².